The lowest BCUT2D eigenvalue weighted by Crippen LogP contribution is -2.52. The monoisotopic (exact) mass is 361 g/mol. The van der Waals surface area contributed by atoms with Crippen LogP contribution in [0.15, 0.2) is 35.3 Å². The van der Waals surface area contributed by atoms with Gasteiger partial charge in [-0.3, -0.25) is 9.89 Å². The van der Waals surface area contributed by atoms with Gasteiger partial charge in [0.25, 0.3) is 0 Å². The quantitative estimate of drug-likeness (QED) is 0.357. The van der Waals surface area contributed by atoms with Crippen LogP contribution >= 0.6 is 0 Å². The molecule has 0 spiro atoms. The summed E-state index contributed by atoms with van der Waals surface area (Å²) in [5.74, 6) is 1.47. The number of guanidine groups is 1. The minimum Gasteiger partial charge on any atom is -0.385 e. The summed E-state index contributed by atoms with van der Waals surface area (Å²) < 4.78 is 5.48. The Morgan fingerprint density at radius 2 is 1.85 bits per heavy atom. The second-order valence-electron chi connectivity index (χ2n) is 6.99. The van der Waals surface area contributed by atoms with E-state index in [1.165, 1.54) is 5.69 Å². The van der Waals surface area contributed by atoms with Gasteiger partial charge in [-0.2, -0.15) is 0 Å². The molecule has 1 heterocycles. The molecule has 6 heteroatoms. The van der Waals surface area contributed by atoms with E-state index < -0.39 is 0 Å². The van der Waals surface area contributed by atoms with Gasteiger partial charge in [0, 0.05) is 51.5 Å². The molecule has 0 bridgehead atoms. The molecule has 1 aliphatic rings. The van der Waals surface area contributed by atoms with Crippen LogP contribution in [0.1, 0.15) is 20.3 Å². The van der Waals surface area contributed by atoms with E-state index in [4.69, 9.17) is 4.74 Å². The number of rotatable bonds is 9. The molecule has 6 nitrogen and oxygen atoms in total. The zero-order valence-electron chi connectivity index (χ0n) is 16.5. The Balaban J connectivity index is 1.65. The summed E-state index contributed by atoms with van der Waals surface area (Å²) in [6, 6.07) is 10.8. The average molecular weight is 362 g/mol. The van der Waals surface area contributed by atoms with Crippen LogP contribution in [0.25, 0.3) is 0 Å². The van der Waals surface area contributed by atoms with Gasteiger partial charge < -0.3 is 20.7 Å². The van der Waals surface area contributed by atoms with Gasteiger partial charge in [0.05, 0.1) is 13.2 Å². The minimum absolute atomic E-state index is 0.497. The third-order valence-corrected chi connectivity index (χ3v) is 4.74. The van der Waals surface area contributed by atoms with Crippen molar-refractivity contribution in [3.05, 3.63) is 30.3 Å². The number of nitrogens with one attached hydrogen (secondary N) is 3. The number of morpholine rings is 1. The zero-order chi connectivity index (χ0) is 18.6. The van der Waals surface area contributed by atoms with Crippen LogP contribution in [0.4, 0.5) is 5.69 Å². The number of nitrogens with zero attached hydrogens (tertiary/aromatic N) is 2. The molecule has 0 aromatic heterocycles. The molecular formula is C20H35N5O. The fourth-order valence-corrected chi connectivity index (χ4v) is 3.20. The number of ether oxygens (including phenoxy) is 1. The summed E-state index contributed by atoms with van der Waals surface area (Å²) in [5.41, 5.74) is 1.17. The van der Waals surface area contributed by atoms with Crippen LogP contribution < -0.4 is 16.0 Å². The third kappa shape index (κ3) is 7.22. The van der Waals surface area contributed by atoms with E-state index in [0.29, 0.717) is 12.0 Å². The van der Waals surface area contributed by atoms with E-state index in [-0.39, 0.29) is 0 Å². The normalized spacial score (nSPS) is 17.2. The maximum absolute atomic E-state index is 5.48. The van der Waals surface area contributed by atoms with Crippen molar-refractivity contribution >= 4 is 11.6 Å². The summed E-state index contributed by atoms with van der Waals surface area (Å²) in [6.45, 7) is 11.0. The van der Waals surface area contributed by atoms with Crippen LogP contribution in [-0.4, -0.2) is 69.9 Å². The van der Waals surface area contributed by atoms with E-state index in [9.17, 15) is 0 Å². The first-order valence-electron chi connectivity index (χ1n) is 9.76. The number of aliphatic imine (C=N–C) groups is 1. The highest BCUT2D eigenvalue weighted by Gasteiger charge is 2.23. The molecule has 1 aromatic rings. The van der Waals surface area contributed by atoms with Crippen molar-refractivity contribution in [2.45, 2.75) is 26.3 Å². The minimum atomic E-state index is 0.497. The van der Waals surface area contributed by atoms with Crippen molar-refractivity contribution in [3.63, 3.8) is 0 Å². The molecular weight excluding hydrogens is 326 g/mol. The van der Waals surface area contributed by atoms with Crippen molar-refractivity contribution in [2.24, 2.45) is 10.9 Å². The van der Waals surface area contributed by atoms with Gasteiger partial charge in [-0.15, -0.1) is 0 Å². The van der Waals surface area contributed by atoms with Crippen molar-refractivity contribution in [1.29, 1.82) is 0 Å². The molecule has 26 heavy (non-hydrogen) atoms. The Labute approximate surface area is 158 Å². The molecule has 1 unspecified atom stereocenters. The molecule has 1 aliphatic heterocycles. The Kier molecular flexibility index (Phi) is 9.28. The Morgan fingerprint density at radius 1 is 1.12 bits per heavy atom. The molecule has 1 fully saturated rings. The molecule has 146 valence electrons. The van der Waals surface area contributed by atoms with Crippen LogP contribution in [0, 0.1) is 5.92 Å². The maximum atomic E-state index is 5.48. The highest BCUT2D eigenvalue weighted by Crippen LogP contribution is 2.12. The number of benzene rings is 1. The van der Waals surface area contributed by atoms with Gasteiger partial charge in [0.15, 0.2) is 5.96 Å². The van der Waals surface area contributed by atoms with Crippen molar-refractivity contribution in [2.75, 3.05) is 58.3 Å². The number of hydrogen-bond donors (Lipinski definition) is 3. The van der Waals surface area contributed by atoms with Gasteiger partial charge >= 0.3 is 0 Å². The molecule has 0 saturated carbocycles. The first-order chi connectivity index (χ1) is 12.7. The Hall–Kier alpha value is -1.79. The van der Waals surface area contributed by atoms with E-state index in [1.807, 2.05) is 25.2 Å². The maximum Gasteiger partial charge on any atom is 0.191 e. The number of para-hydroxylation sites is 1. The van der Waals surface area contributed by atoms with E-state index >= 15 is 0 Å². The largest absolute Gasteiger partial charge is 0.385 e. The Morgan fingerprint density at radius 3 is 2.50 bits per heavy atom. The van der Waals surface area contributed by atoms with Crippen LogP contribution in [-0.2, 0) is 4.74 Å². The van der Waals surface area contributed by atoms with E-state index in [0.717, 1.165) is 58.3 Å². The highest BCUT2D eigenvalue weighted by atomic mass is 16.5. The lowest BCUT2D eigenvalue weighted by atomic mass is 10.0. The van der Waals surface area contributed by atoms with Gasteiger partial charge in [-0.25, -0.2) is 0 Å². The van der Waals surface area contributed by atoms with Crippen molar-refractivity contribution in [1.82, 2.24) is 15.5 Å². The molecule has 0 amide bonds. The predicted molar refractivity (Wildman–Crippen MR) is 110 cm³/mol. The molecule has 2 rings (SSSR count). The first kappa shape index (κ1) is 20.5. The standard InChI is InChI=1S/C20H35N5O/c1-17(2)19(25-12-14-26-15-13-25)16-24-20(21-3)23-11-7-10-22-18-8-5-4-6-9-18/h4-6,8-9,17,19,22H,7,10-16H2,1-3H3,(H2,21,23,24). The lowest BCUT2D eigenvalue weighted by molar-refractivity contribution is 0.00752. The highest BCUT2D eigenvalue weighted by molar-refractivity contribution is 5.79. The second-order valence-corrected chi connectivity index (χ2v) is 6.99. The van der Waals surface area contributed by atoms with Crippen molar-refractivity contribution < 1.29 is 4.74 Å². The van der Waals surface area contributed by atoms with Crippen LogP contribution in [0.3, 0.4) is 0 Å². The molecule has 0 radical (unpaired) electrons. The van der Waals surface area contributed by atoms with Gasteiger partial charge in [0.1, 0.15) is 0 Å². The fraction of sp³-hybridized carbons (Fsp3) is 0.650. The fourth-order valence-electron chi connectivity index (χ4n) is 3.20. The summed E-state index contributed by atoms with van der Waals surface area (Å²) in [4.78, 5) is 6.88. The van der Waals surface area contributed by atoms with Crippen LogP contribution in [0.5, 0.6) is 0 Å². The topological polar surface area (TPSA) is 60.9 Å². The lowest BCUT2D eigenvalue weighted by Gasteiger charge is -2.37. The molecule has 1 atom stereocenters. The zero-order valence-corrected chi connectivity index (χ0v) is 16.5. The SMILES string of the molecule is CN=C(NCCCNc1ccccc1)NCC(C(C)C)N1CCOCC1. The summed E-state index contributed by atoms with van der Waals surface area (Å²) in [5, 5.41) is 10.3. The number of anilines is 1. The van der Waals surface area contributed by atoms with Crippen LogP contribution in [0.2, 0.25) is 0 Å². The average Bonchev–Trinajstić information content (AvgIpc) is 2.67. The first-order valence-corrected chi connectivity index (χ1v) is 9.76. The summed E-state index contributed by atoms with van der Waals surface area (Å²) in [7, 11) is 1.83. The van der Waals surface area contributed by atoms with Gasteiger partial charge in [0.2, 0.25) is 0 Å². The van der Waals surface area contributed by atoms with Gasteiger partial charge in [-0.1, -0.05) is 32.0 Å². The predicted octanol–water partition coefficient (Wildman–Crippen LogP) is 2.01. The van der Waals surface area contributed by atoms with Gasteiger partial charge in [-0.05, 0) is 24.5 Å². The van der Waals surface area contributed by atoms with E-state index in [2.05, 4.69) is 51.8 Å². The smallest absolute Gasteiger partial charge is 0.191 e. The third-order valence-electron chi connectivity index (χ3n) is 4.74. The second kappa shape index (κ2) is 11.8. The number of hydrogen-bond acceptors (Lipinski definition) is 4. The molecule has 1 aromatic carbocycles. The molecule has 1 saturated heterocycles. The molecule has 0 aliphatic carbocycles. The Bertz CT molecular complexity index is 514. The van der Waals surface area contributed by atoms with E-state index in [1.54, 1.807) is 0 Å². The van der Waals surface area contributed by atoms with Crippen molar-refractivity contribution in [3.8, 4) is 0 Å². The summed E-state index contributed by atoms with van der Waals surface area (Å²) in [6.07, 6.45) is 1.03. The summed E-state index contributed by atoms with van der Waals surface area (Å²) >= 11 is 0. The molecule has 3 N–H and O–H groups in total.